The largest absolute Gasteiger partial charge is 0.266 e. The minimum Gasteiger partial charge on any atom is -0.262 e. The normalized spacial score (nSPS) is 10.6. The zero-order valence-corrected chi connectivity index (χ0v) is 9.51. The molecular formula is C6H3F2I2N. The van der Waals surface area contributed by atoms with Crippen molar-refractivity contribution in [2.45, 2.75) is 6.43 Å². The van der Waals surface area contributed by atoms with Crippen LogP contribution in [-0.4, -0.2) is 4.98 Å². The van der Waals surface area contributed by atoms with Crippen LogP contribution in [0, 0.1) is 7.14 Å². The van der Waals surface area contributed by atoms with Gasteiger partial charge in [0.25, 0.3) is 6.43 Å². The third-order valence-electron chi connectivity index (χ3n) is 1.11. The van der Waals surface area contributed by atoms with Gasteiger partial charge in [-0.1, -0.05) is 0 Å². The van der Waals surface area contributed by atoms with E-state index in [-0.39, 0.29) is 5.56 Å². The lowest BCUT2D eigenvalue weighted by Gasteiger charge is -2.03. The van der Waals surface area contributed by atoms with Crippen molar-refractivity contribution in [3.8, 4) is 0 Å². The van der Waals surface area contributed by atoms with Crippen LogP contribution in [0.3, 0.4) is 0 Å². The summed E-state index contributed by atoms with van der Waals surface area (Å²) < 4.78 is 25.5. The van der Waals surface area contributed by atoms with Gasteiger partial charge in [-0.25, -0.2) is 8.78 Å². The lowest BCUT2D eigenvalue weighted by Crippen LogP contribution is -1.94. The van der Waals surface area contributed by atoms with Gasteiger partial charge >= 0.3 is 0 Å². The van der Waals surface area contributed by atoms with E-state index >= 15 is 0 Å². The molecular weight excluding hydrogens is 378 g/mol. The van der Waals surface area contributed by atoms with Crippen LogP contribution in [0.2, 0.25) is 0 Å². The Morgan fingerprint density at radius 3 is 1.91 bits per heavy atom. The van der Waals surface area contributed by atoms with Crippen LogP contribution >= 0.6 is 45.2 Å². The highest BCUT2D eigenvalue weighted by molar-refractivity contribution is 14.1. The highest BCUT2D eigenvalue weighted by Crippen LogP contribution is 2.27. The molecule has 0 amide bonds. The van der Waals surface area contributed by atoms with Gasteiger partial charge in [-0.3, -0.25) is 4.98 Å². The summed E-state index contributed by atoms with van der Waals surface area (Å²) in [7, 11) is 0. The lowest BCUT2D eigenvalue weighted by molar-refractivity contribution is 0.149. The van der Waals surface area contributed by atoms with E-state index in [0.29, 0.717) is 7.14 Å². The zero-order valence-electron chi connectivity index (χ0n) is 5.19. The topological polar surface area (TPSA) is 12.9 Å². The monoisotopic (exact) mass is 381 g/mol. The van der Waals surface area contributed by atoms with E-state index in [1.165, 1.54) is 12.4 Å². The van der Waals surface area contributed by atoms with Crippen LogP contribution in [0.5, 0.6) is 0 Å². The average Bonchev–Trinajstić information content (AvgIpc) is 1.85. The summed E-state index contributed by atoms with van der Waals surface area (Å²) >= 11 is 3.71. The standard InChI is InChI=1S/C6H3F2I2N/c7-6(8)5-3(9)1-11-2-4(5)10/h1-2,6H. The Balaban J connectivity index is 3.21. The quantitative estimate of drug-likeness (QED) is 0.682. The van der Waals surface area contributed by atoms with E-state index in [1.54, 1.807) is 0 Å². The maximum absolute atomic E-state index is 12.3. The van der Waals surface area contributed by atoms with E-state index in [0.717, 1.165) is 0 Å². The number of aromatic nitrogens is 1. The first-order valence-corrected chi connectivity index (χ1v) is 4.85. The van der Waals surface area contributed by atoms with Crippen molar-refractivity contribution < 1.29 is 8.78 Å². The lowest BCUT2D eigenvalue weighted by atomic mass is 10.3. The van der Waals surface area contributed by atoms with Crippen molar-refractivity contribution in [2.75, 3.05) is 0 Å². The summed E-state index contributed by atoms with van der Waals surface area (Å²) in [6.45, 7) is 0. The molecule has 1 rings (SSSR count). The summed E-state index contributed by atoms with van der Waals surface area (Å²) in [6, 6.07) is 0. The second-order valence-corrected chi connectivity index (χ2v) is 4.14. The number of pyridine rings is 1. The highest BCUT2D eigenvalue weighted by atomic mass is 127. The number of hydrogen-bond donors (Lipinski definition) is 0. The van der Waals surface area contributed by atoms with Crippen molar-refractivity contribution in [3.05, 3.63) is 25.1 Å². The summed E-state index contributed by atoms with van der Waals surface area (Å²) in [4.78, 5) is 3.78. The second kappa shape index (κ2) is 3.92. The van der Waals surface area contributed by atoms with E-state index in [1.807, 2.05) is 45.2 Å². The van der Waals surface area contributed by atoms with E-state index in [2.05, 4.69) is 4.98 Å². The maximum atomic E-state index is 12.3. The van der Waals surface area contributed by atoms with E-state index in [4.69, 9.17) is 0 Å². The third kappa shape index (κ3) is 2.20. The molecule has 0 aliphatic carbocycles. The van der Waals surface area contributed by atoms with Gasteiger partial charge in [0.1, 0.15) is 0 Å². The van der Waals surface area contributed by atoms with E-state index < -0.39 is 6.43 Å². The van der Waals surface area contributed by atoms with Gasteiger partial charge in [0.2, 0.25) is 0 Å². The molecule has 0 atom stereocenters. The minimum atomic E-state index is -2.41. The van der Waals surface area contributed by atoms with Crippen LogP contribution in [0.25, 0.3) is 0 Å². The Morgan fingerprint density at radius 2 is 1.64 bits per heavy atom. The smallest absolute Gasteiger partial charge is 0.262 e. The molecule has 1 nitrogen and oxygen atoms in total. The first kappa shape index (κ1) is 9.56. The molecule has 0 aromatic carbocycles. The average molecular weight is 381 g/mol. The van der Waals surface area contributed by atoms with Crippen molar-refractivity contribution >= 4 is 45.2 Å². The zero-order chi connectivity index (χ0) is 8.43. The fourth-order valence-corrected chi connectivity index (χ4v) is 2.52. The molecule has 0 aliphatic rings. The van der Waals surface area contributed by atoms with Gasteiger partial charge in [0.05, 0.1) is 0 Å². The Hall–Kier alpha value is 0.470. The molecule has 1 aromatic rings. The molecule has 0 radical (unpaired) electrons. The van der Waals surface area contributed by atoms with Crippen molar-refractivity contribution in [3.63, 3.8) is 0 Å². The summed E-state index contributed by atoms with van der Waals surface area (Å²) in [5.74, 6) is 0. The Labute approximate surface area is 89.9 Å². The predicted molar refractivity (Wildman–Crippen MR) is 54.6 cm³/mol. The molecule has 0 spiro atoms. The van der Waals surface area contributed by atoms with Gasteiger partial charge in [-0.15, -0.1) is 0 Å². The van der Waals surface area contributed by atoms with Gasteiger partial charge in [-0.2, -0.15) is 0 Å². The molecule has 0 aliphatic heterocycles. The molecule has 60 valence electrons. The van der Waals surface area contributed by atoms with Crippen LogP contribution in [0.4, 0.5) is 8.78 Å². The SMILES string of the molecule is FC(F)c1c(I)cncc1I. The first-order chi connectivity index (χ1) is 5.13. The molecule has 0 fully saturated rings. The summed E-state index contributed by atoms with van der Waals surface area (Å²) in [6.07, 6.45) is 0.464. The van der Waals surface area contributed by atoms with Crippen LogP contribution in [0.15, 0.2) is 12.4 Å². The number of rotatable bonds is 1. The fourth-order valence-electron chi connectivity index (χ4n) is 0.630. The summed E-state index contributed by atoms with van der Waals surface area (Å²) in [5, 5.41) is 0. The highest BCUT2D eigenvalue weighted by Gasteiger charge is 2.14. The van der Waals surface area contributed by atoms with Gasteiger partial charge in [-0.05, 0) is 45.2 Å². The third-order valence-corrected chi connectivity index (χ3v) is 2.83. The number of alkyl halides is 2. The maximum Gasteiger partial charge on any atom is 0.266 e. The Kier molecular flexibility index (Phi) is 3.41. The minimum absolute atomic E-state index is 0.0844. The molecule has 1 aromatic heterocycles. The predicted octanol–water partition coefficient (Wildman–Crippen LogP) is 3.23. The molecule has 0 bridgehead atoms. The molecule has 0 unspecified atom stereocenters. The van der Waals surface area contributed by atoms with Crippen LogP contribution in [-0.2, 0) is 0 Å². The van der Waals surface area contributed by atoms with Gasteiger partial charge in [0.15, 0.2) is 0 Å². The van der Waals surface area contributed by atoms with E-state index in [9.17, 15) is 8.78 Å². The molecule has 0 saturated carbocycles. The molecule has 0 N–H and O–H groups in total. The molecule has 11 heavy (non-hydrogen) atoms. The number of halogens is 4. The first-order valence-electron chi connectivity index (χ1n) is 2.70. The second-order valence-electron chi connectivity index (χ2n) is 1.82. The van der Waals surface area contributed by atoms with Crippen molar-refractivity contribution in [1.29, 1.82) is 0 Å². The summed E-state index contributed by atoms with van der Waals surface area (Å²) in [5.41, 5.74) is 0.0844. The van der Waals surface area contributed by atoms with Crippen molar-refractivity contribution in [1.82, 2.24) is 4.98 Å². The number of hydrogen-bond acceptors (Lipinski definition) is 1. The van der Waals surface area contributed by atoms with Crippen LogP contribution < -0.4 is 0 Å². The van der Waals surface area contributed by atoms with Crippen molar-refractivity contribution in [2.24, 2.45) is 0 Å². The molecule has 1 heterocycles. The number of nitrogens with zero attached hydrogens (tertiary/aromatic N) is 1. The Morgan fingerprint density at radius 1 is 1.18 bits per heavy atom. The fraction of sp³-hybridized carbons (Fsp3) is 0.167. The van der Waals surface area contributed by atoms with Gasteiger partial charge < -0.3 is 0 Å². The van der Waals surface area contributed by atoms with Crippen LogP contribution in [0.1, 0.15) is 12.0 Å². The molecule has 0 saturated heterocycles. The molecule has 5 heteroatoms. The van der Waals surface area contributed by atoms with Gasteiger partial charge in [0, 0.05) is 25.1 Å². The Bertz CT molecular complexity index is 245.